The lowest BCUT2D eigenvalue weighted by atomic mass is 9.96. The van der Waals surface area contributed by atoms with Gasteiger partial charge in [0.25, 0.3) is 0 Å². The maximum Gasteiger partial charge on any atom is 0.225 e. The number of carbonyl (C=O) groups is 2. The number of fused-ring (bicyclic) bond motifs is 1. The molecular formula is C24H29N3O3. The first-order chi connectivity index (χ1) is 14.4. The van der Waals surface area contributed by atoms with Crippen molar-refractivity contribution >= 4 is 11.8 Å². The number of ether oxygens (including phenoxy) is 1. The molecule has 6 heteroatoms. The Balaban J connectivity index is 1.30. The first-order valence-electron chi connectivity index (χ1n) is 10.7. The van der Waals surface area contributed by atoms with Gasteiger partial charge in [0.2, 0.25) is 11.8 Å². The molecule has 1 aromatic heterocycles. The molecule has 1 saturated heterocycles. The molecule has 2 aromatic rings. The van der Waals surface area contributed by atoms with Crippen LogP contribution in [0, 0.1) is 5.92 Å². The normalized spacial score (nSPS) is 19.9. The highest BCUT2D eigenvalue weighted by molar-refractivity contribution is 5.83. The van der Waals surface area contributed by atoms with Crippen LogP contribution in [0.3, 0.4) is 0 Å². The highest BCUT2D eigenvalue weighted by Gasteiger charge is 2.31. The van der Waals surface area contributed by atoms with E-state index in [2.05, 4.69) is 30.2 Å². The fourth-order valence-corrected chi connectivity index (χ4v) is 4.25. The lowest BCUT2D eigenvalue weighted by molar-refractivity contribution is -0.138. The molecule has 0 saturated carbocycles. The molecule has 1 unspecified atom stereocenters. The van der Waals surface area contributed by atoms with Crippen LogP contribution in [0.1, 0.15) is 43.5 Å². The molecule has 30 heavy (non-hydrogen) atoms. The maximum atomic E-state index is 12.7. The van der Waals surface area contributed by atoms with Gasteiger partial charge in [-0.2, -0.15) is 0 Å². The van der Waals surface area contributed by atoms with Gasteiger partial charge in [-0.3, -0.25) is 14.6 Å². The molecule has 4 rings (SSSR count). The van der Waals surface area contributed by atoms with Crippen molar-refractivity contribution in [3.63, 3.8) is 0 Å². The Hall–Kier alpha value is -2.89. The fourth-order valence-electron chi connectivity index (χ4n) is 4.25. The van der Waals surface area contributed by atoms with Crippen LogP contribution in [0.15, 0.2) is 42.6 Å². The van der Waals surface area contributed by atoms with Crippen LogP contribution >= 0.6 is 0 Å². The molecule has 1 atom stereocenters. The van der Waals surface area contributed by atoms with E-state index >= 15 is 0 Å². The fraction of sp³-hybridized carbons (Fsp3) is 0.458. The van der Waals surface area contributed by atoms with E-state index in [1.54, 1.807) is 11.1 Å². The van der Waals surface area contributed by atoms with Crippen molar-refractivity contribution in [2.24, 2.45) is 5.92 Å². The molecule has 0 bridgehead atoms. The van der Waals surface area contributed by atoms with Crippen LogP contribution in [-0.4, -0.2) is 40.4 Å². The summed E-state index contributed by atoms with van der Waals surface area (Å²) in [6.45, 7) is 5.73. The number of pyridine rings is 1. The first-order valence-corrected chi connectivity index (χ1v) is 10.7. The van der Waals surface area contributed by atoms with Gasteiger partial charge >= 0.3 is 0 Å². The van der Waals surface area contributed by atoms with E-state index in [1.165, 1.54) is 5.56 Å². The maximum absolute atomic E-state index is 12.7. The van der Waals surface area contributed by atoms with Gasteiger partial charge in [0.1, 0.15) is 11.4 Å². The van der Waals surface area contributed by atoms with Crippen molar-refractivity contribution in [2.45, 2.75) is 51.7 Å². The summed E-state index contributed by atoms with van der Waals surface area (Å²) in [6.07, 6.45) is 4.37. The Labute approximate surface area is 177 Å². The second-order valence-electron chi connectivity index (χ2n) is 8.84. The molecule has 2 aliphatic rings. The molecule has 158 valence electrons. The highest BCUT2D eigenvalue weighted by atomic mass is 16.5. The molecule has 0 aliphatic carbocycles. The van der Waals surface area contributed by atoms with Crippen LogP contribution < -0.4 is 10.1 Å². The van der Waals surface area contributed by atoms with Crippen molar-refractivity contribution in [1.29, 1.82) is 0 Å². The third-order valence-electron chi connectivity index (χ3n) is 5.83. The minimum absolute atomic E-state index is 0.0161. The SMILES string of the molecule is CC1(C)Cc2cc(CNC(=O)C3CCC(=O)N(CCc4ccccn4)C3)ccc2O1. The van der Waals surface area contributed by atoms with Crippen molar-refractivity contribution in [3.05, 3.63) is 59.4 Å². The summed E-state index contributed by atoms with van der Waals surface area (Å²) in [6, 6.07) is 11.9. The zero-order valence-corrected chi connectivity index (χ0v) is 17.7. The number of aromatic nitrogens is 1. The van der Waals surface area contributed by atoms with Crippen LogP contribution in [-0.2, 0) is 29.0 Å². The van der Waals surface area contributed by atoms with Gasteiger partial charge in [-0.1, -0.05) is 18.2 Å². The minimum Gasteiger partial charge on any atom is -0.487 e. The lowest BCUT2D eigenvalue weighted by Crippen LogP contribution is -2.46. The number of nitrogens with one attached hydrogen (secondary N) is 1. The first kappa shape index (κ1) is 20.4. The summed E-state index contributed by atoms with van der Waals surface area (Å²) in [5, 5.41) is 3.06. The van der Waals surface area contributed by atoms with Crippen LogP contribution in [0.25, 0.3) is 0 Å². The largest absolute Gasteiger partial charge is 0.487 e. The molecule has 6 nitrogen and oxygen atoms in total. The molecule has 1 fully saturated rings. The number of rotatable bonds is 6. The van der Waals surface area contributed by atoms with Crippen molar-refractivity contribution in [1.82, 2.24) is 15.2 Å². The van der Waals surface area contributed by atoms with Crippen molar-refractivity contribution in [2.75, 3.05) is 13.1 Å². The number of nitrogens with zero attached hydrogens (tertiary/aromatic N) is 2. The molecule has 3 heterocycles. The van der Waals surface area contributed by atoms with E-state index < -0.39 is 0 Å². The van der Waals surface area contributed by atoms with Gasteiger partial charge in [-0.25, -0.2) is 0 Å². The van der Waals surface area contributed by atoms with Gasteiger partial charge in [-0.15, -0.1) is 0 Å². The van der Waals surface area contributed by atoms with E-state index in [9.17, 15) is 9.59 Å². The Kier molecular flexibility index (Phi) is 5.75. The van der Waals surface area contributed by atoms with E-state index in [1.807, 2.05) is 30.3 Å². The molecule has 1 N–H and O–H groups in total. The highest BCUT2D eigenvalue weighted by Crippen LogP contribution is 2.35. The molecule has 1 aromatic carbocycles. The third kappa shape index (κ3) is 4.81. The van der Waals surface area contributed by atoms with Crippen LogP contribution in [0.5, 0.6) is 5.75 Å². The van der Waals surface area contributed by atoms with E-state index in [0.29, 0.717) is 38.9 Å². The van der Waals surface area contributed by atoms with Gasteiger partial charge in [0, 0.05) is 50.8 Å². The summed E-state index contributed by atoms with van der Waals surface area (Å²) in [5.74, 6) is 0.908. The Morgan fingerprint density at radius 2 is 2.17 bits per heavy atom. The standard InChI is InChI=1S/C24H29N3O3/c1-24(2)14-19-13-17(6-8-21(19)30-24)15-26-23(29)18-7-9-22(28)27(16-18)12-10-20-5-3-4-11-25-20/h3-6,8,11,13,18H,7,9-10,12,14-16H2,1-2H3,(H,26,29). The quantitative estimate of drug-likeness (QED) is 0.799. The number of carbonyl (C=O) groups excluding carboxylic acids is 2. The lowest BCUT2D eigenvalue weighted by Gasteiger charge is -2.32. The van der Waals surface area contributed by atoms with E-state index in [4.69, 9.17) is 4.74 Å². The summed E-state index contributed by atoms with van der Waals surface area (Å²) in [4.78, 5) is 31.2. The number of benzene rings is 1. The van der Waals surface area contributed by atoms with Gasteiger partial charge in [0.15, 0.2) is 0 Å². The smallest absolute Gasteiger partial charge is 0.225 e. The zero-order valence-electron chi connectivity index (χ0n) is 17.7. The average Bonchev–Trinajstić information content (AvgIpc) is 3.05. The predicted molar refractivity (Wildman–Crippen MR) is 114 cm³/mol. The minimum atomic E-state index is -0.169. The summed E-state index contributed by atoms with van der Waals surface area (Å²) >= 11 is 0. The van der Waals surface area contributed by atoms with Crippen molar-refractivity contribution < 1.29 is 14.3 Å². The number of hydrogen-bond donors (Lipinski definition) is 1. The third-order valence-corrected chi connectivity index (χ3v) is 5.83. The monoisotopic (exact) mass is 407 g/mol. The number of amides is 2. The second-order valence-corrected chi connectivity index (χ2v) is 8.84. The van der Waals surface area contributed by atoms with Crippen molar-refractivity contribution in [3.8, 4) is 5.75 Å². The van der Waals surface area contributed by atoms with Crippen LogP contribution in [0.2, 0.25) is 0 Å². The number of hydrogen-bond acceptors (Lipinski definition) is 4. The van der Waals surface area contributed by atoms with Gasteiger partial charge in [0.05, 0.1) is 5.92 Å². The molecule has 0 spiro atoms. The second kappa shape index (κ2) is 8.46. The van der Waals surface area contributed by atoms with Gasteiger partial charge < -0.3 is 15.0 Å². The van der Waals surface area contributed by atoms with Crippen LogP contribution in [0.4, 0.5) is 0 Å². The molecule has 2 aliphatic heterocycles. The van der Waals surface area contributed by atoms with E-state index in [-0.39, 0.29) is 23.3 Å². The van der Waals surface area contributed by atoms with Gasteiger partial charge in [-0.05, 0) is 49.6 Å². The molecule has 2 amide bonds. The number of likely N-dealkylation sites (tertiary alicyclic amines) is 1. The predicted octanol–water partition coefficient (Wildman–Crippen LogP) is 2.89. The Bertz CT molecular complexity index is 927. The summed E-state index contributed by atoms with van der Waals surface area (Å²) < 4.78 is 5.92. The zero-order chi connectivity index (χ0) is 21.1. The molecule has 0 radical (unpaired) electrons. The topological polar surface area (TPSA) is 71.5 Å². The van der Waals surface area contributed by atoms with E-state index in [0.717, 1.165) is 23.4 Å². The number of piperidine rings is 1. The Morgan fingerprint density at radius 1 is 1.30 bits per heavy atom. The Morgan fingerprint density at radius 3 is 2.97 bits per heavy atom. The average molecular weight is 408 g/mol. The summed E-state index contributed by atoms with van der Waals surface area (Å²) in [5.41, 5.74) is 3.05. The molecular weight excluding hydrogens is 378 g/mol. The summed E-state index contributed by atoms with van der Waals surface area (Å²) in [7, 11) is 0.